The maximum atomic E-state index is 13.5. The molecule has 37 heavy (non-hydrogen) atoms. The van der Waals surface area contributed by atoms with Crippen LogP contribution in [0.5, 0.6) is 5.75 Å². The van der Waals surface area contributed by atoms with Crippen LogP contribution < -0.4 is 15.8 Å². The highest BCUT2D eigenvalue weighted by atomic mass is 16.5. The van der Waals surface area contributed by atoms with Crippen molar-refractivity contribution >= 4 is 17.8 Å². The zero-order valence-electron chi connectivity index (χ0n) is 21.7. The van der Waals surface area contributed by atoms with Gasteiger partial charge < -0.3 is 15.8 Å². The number of aliphatic imine (C=N–C) groups is 1. The molecule has 0 aromatic heterocycles. The van der Waals surface area contributed by atoms with Gasteiger partial charge in [-0.2, -0.15) is 5.26 Å². The molecule has 1 unspecified atom stereocenters. The average Bonchev–Trinajstić information content (AvgIpc) is 3.61. The van der Waals surface area contributed by atoms with Gasteiger partial charge in [-0.25, -0.2) is 4.99 Å². The monoisotopic (exact) mass is 499 g/mol. The van der Waals surface area contributed by atoms with Crippen LogP contribution in [0.3, 0.4) is 0 Å². The molecule has 192 valence electrons. The highest BCUT2D eigenvalue weighted by molar-refractivity contribution is 5.99. The van der Waals surface area contributed by atoms with Crippen LogP contribution >= 0.6 is 0 Å². The van der Waals surface area contributed by atoms with Gasteiger partial charge in [-0.15, -0.1) is 0 Å². The van der Waals surface area contributed by atoms with E-state index in [1.54, 1.807) is 17.0 Å². The van der Waals surface area contributed by atoms with Gasteiger partial charge in [-0.05, 0) is 63.8 Å². The summed E-state index contributed by atoms with van der Waals surface area (Å²) in [5.74, 6) is 0.419. The number of rotatable bonds is 5. The van der Waals surface area contributed by atoms with E-state index in [-0.39, 0.29) is 42.1 Å². The number of fused-ring (bicyclic) bond motifs is 1. The highest BCUT2D eigenvalue weighted by Gasteiger charge is 2.53. The number of nitrogens with two attached hydrogens (primary N) is 1. The lowest BCUT2D eigenvalue weighted by molar-refractivity contribution is -0.132. The first-order valence-corrected chi connectivity index (χ1v) is 12.7. The Morgan fingerprint density at radius 2 is 1.89 bits per heavy atom. The number of amides is 2. The number of benzene rings is 2. The van der Waals surface area contributed by atoms with E-state index in [2.05, 4.69) is 16.4 Å². The van der Waals surface area contributed by atoms with Gasteiger partial charge in [0, 0.05) is 17.9 Å². The minimum absolute atomic E-state index is 0.0403. The molecule has 2 aliphatic heterocycles. The molecular formula is C29H33N5O3. The van der Waals surface area contributed by atoms with Crippen molar-refractivity contribution in [1.29, 1.82) is 5.26 Å². The molecule has 3 N–H and O–H groups in total. The first-order valence-electron chi connectivity index (χ1n) is 12.7. The molecule has 2 aromatic carbocycles. The van der Waals surface area contributed by atoms with Gasteiger partial charge >= 0.3 is 0 Å². The lowest BCUT2D eigenvalue weighted by Crippen LogP contribution is -2.52. The lowest BCUT2D eigenvalue weighted by atomic mass is 9.89. The molecule has 4 atom stereocenters. The molecule has 0 spiro atoms. The third-order valence-corrected chi connectivity index (χ3v) is 7.45. The van der Waals surface area contributed by atoms with Crippen molar-refractivity contribution in [2.45, 2.75) is 70.2 Å². The Morgan fingerprint density at radius 3 is 2.57 bits per heavy atom. The van der Waals surface area contributed by atoms with Crippen molar-refractivity contribution in [1.82, 2.24) is 10.2 Å². The smallest absolute Gasteiger partial charge is 0.232 e. The Balaban J connectivity index is 1.41. The minimum Gasteiger partial charge on any atom is -0.487 e. The Morgan fingerprint density at radius 1 is 1.19 bits per heavy atom. The second-order valence-corrected chi connectivity index (χ2v) is 11.6. The van der Waals surface area contributed by atoms with Crippen LogP contribution in [0.2, 0.25) is 0 Å². The van der Waals surface area contributed by atoms with Crippen molar-refractivity contribution in [2.75, 3.05) is 0 Å². The van der Waals surface area contributed by atoms with Crippen molar-refractivity contribution in [3.05, 3.63) is 65.2 Å². The molecule has 8 nitrogen and oxygen atoms in total. The van der Waals surface area contributed by atoms with E-state index >= 15 is 0 Å². The number of guanidine groups is 1. The predicted octanol–water partition coefficient (Wildman–Crippen LogP) is 3.98. The fourth-order valence-corrected chi connectivity index (χ4v) is 5.70. The van der Waals surface area contributed by atoms with Crippen molar-refractivity contribution in [3.63, 3.8) is 0 Å². The van der Waals surface area contributed by atoms with Crippen molar-refractivity contribution in [2.24, 2.45) is 22.6 Å². The molecule has 2 aromatic rings. The maximum Gasteiger partial charge on any atom is 0.232 e. The number of ether oxygens (including phenoxy) is 1. The fraction of sp³-hybridized carbons (Fsp3) is 0.448. The van der Waals surface area contributed by atoms with Crippen LogP contribution in [-0.2, 0) is 9.59 Å². The summed E-state index contributed by atoms with van der Waals surface area (Å²) in [4.78, 5) is 32.9. The third kappa shape index (κ3) is 4.91. The van der Waals surface area contributed by atoms with E-state index in [1.807, 2.05) is 64.1 Å². The normalized spacial score (nSPS) is 26.1. The molecule has 1 fully saturated rings. The summed E-state index contributed by atoms with van der Waals surface area (Å²) >= 11 is 0. The maximum absolute atomic E-state index is 13.5. The summed E-state index contributed by atoms with van der Waals surface area (Å²) in [5, 5.41) is 12.5. The quantitative estimate of drug-likeness (QED) is 0.645. The molecule has 1 aliphatic carbocycles. The molecule has 0 saturated heterocycles. The SMILES string of the molecule is CC1(C)CC(=O)N(C(c2ccc(C#N)cc2)[C@H]2C[C@@H]2C(=O)N[C@H]2CC(C)(C)Oc3ccccc32)C(N)=N1. The third-order valence-electron chi connectivity index (χ3n) is 7.45. The molecule has 0 bridgehead atoms. The van der Waals surface area contributed by atoms with E-state index in [1.165, 1.54) is 0 Å². The standard InChI is InChI=1S/C29H33N5O3/c1-28(2)15-24(35)34(27(31)33-28)25(18-11-9-17(16-30)10-12-18)20-13-21(20)26(36)32-22-14-29(3,4)37-23-8-6-5-7-19(22)23/h5-12,20-22,25H,13-15H2,1-4H3,(H2,31,33)(H,32,36)/t20-,21-,22-,25?/m0/s1. The van der Waals surface area contributed by atoms with Gasteiger partial charge in [-0.1, -0.05) is 30.3 Å². The number of nitrogens with zero attached hydrogens (tertiary/aromatic N) is 3. The minimum atomic E-state index is -0.573. The molecule has 1 saturated carbocycles. The Kier molecular flexibility index (Phi) is 5.98. The topological polar surface area (TPSA) is 121 Å². The molecule has 5 rings (SSSR count). The van der Waals surface area contributed by atoms with Crippen LogP contribution in [0.4, 0.5) is 0 Å². The Bertz CT molecular complexity index is 1310. The van der Waals surface area contributed by atoms with E-state index < -0.39 is 17.2 Å². The first-order chi connectivity index (χ1) is 17.5. The van der Waals surface area contributed by atoms with E-state index in [0.717, 1.165) is 16.9 Å². The summed E-state index contributed by atoms with van der Waals surface area (Å²) in [6.45, 7) is 7.81. The molecule has 8 heteroatoms. The first kappa shape index (κ1) is 24.8. The number of hydrogen-bond donors (Lipinski definition) is 2. The van der Waals surface area contributed by atoms with Gasteiger partial charge in [0.25, 0.3) is 0 Å². The van der Waals surface area contributed by atoms with Gasteiger partial charge in [0.15, 0.2) is 5.96 Å². The summed E-state index contributed by atoms with van der Waals surface area (Å²) in [5.41, 5.74) is 7.71. The van der Waals surface area contributed by atoms with Gasteiger partial charge in [0.2, 0.25) is 11.8 Å². The number of nitriles is 1. The average molecular weight is 500 g/mol. The fourth-order valence-electron chi connectivity index (χ4n) is 5.70. The number of carbonyl (C=O) groups excluding carboxylic acids is 2. The van der Waals surface area contributed by atoms with E-state index in [4.69, 9.17) is 10.5 Å². The summed E-state index contributed by atoms with van der Waals surface area (Å²) in [6.07, 6.45) is 1.52. The van der Waals surface area contributed by atoms with Gasteiger partial charge in [-0.3, -0.25) is 14.5 Å². The highest BCUT2D eigenvalue weighted by Crippen LogP contribution is 2.51. The summed E-state index contributed by atoms with van der Waals surface area (Å²) < 4.78 is 6.12. The predicted molar refractivity (Wildman–Crippen MR) is 139 cm³/mol. The number of hydrogen-bond acceptors (Lipinski definition) is 6. The molecular weight excluding hydrogens is 466 g/mol. The Labute approximate surface area is 217 Å². The van der Waals surface area contributed by atoms with Crippen LogP contribution in [0.1, 0.15) is 75.7 Å². The molecule has 3 aliphatic rings. The van der Waals surface area contributed by atoms with E-state index in [0.29, 0.717) is 18.4 Å². The van der Waals surface area contributed by atoms with Crippen LogP contribution in [0.15, 0.2) is 53.5 Å². The lowest BCUT2D eigenvalue weighted by Gasteiger charge is -2.39. The molecule has 2 heterocycles. The Hall–Kier alpha value is -3.86. The van der Waals surface area contributed by atoms with Crippen LogP contribution in [-0.4, -0.2) is 33.8 Å². The van der Waals surface area contributed by atoms with Crippen molar-refractivity contribution in [3.8, 4) is 11.8 Å². The number of carbonyl (C=O) groups is 2. The van der Waals surface area contributed by atoms with Gasteiger partial charge in [0.1, 0.15) is 11.4 Å². The molecule has 0 radical (unpaired) electrons. The van der Waals surface area contributed by atoms with Crippen molar-refractivity contribution < 1.29 is 14.3 Å². The zero-order chi connectivity index (χ0) is 26.5. The summed E-state index contributed by atoms with van der Waals surface area (Å²) in [7, 11) is 0. The number of para-hydroxylation sites is 1. The summed E-state index contributed by atoms with van der Waals surface area (Å²) in [6, 6.07) is 16.5. The number of nitrogens with one attached hydrogen (secondary N) is 1. The zero-order valence-corrected chi connectivity index (χ0v) is 21.7. The molecule has 2 amide bonds. The largest absolute Gasteiger partial charge is 0.487 e. The van der Waals surface area contributed by atoms with Crippen LogP contribution in [0, 0.1) is 23.2 Å². The second kappa shape index (κ2) is 8.91. The second-order valence-electron chi connectivity index (χ2n) is 11.6. The van der Waals surface area contributed by atoms with E-state index in [9.17, 15) is 14.9 Å². The van der Waals surface area contributed by atoms with Gasteiger partial charge in [0.05, 0.1) is 35.7 Å². The van der Waals surface area contributed by atoms with Crippen LogP contribution in [0.25, 0.3) is 0 Å².